The number of amides is 1. The van der Waals surface area contributed by atoms with E-state index in [0.717, 1.165) is 5.82 Å². The molecule has 0 saturated heterocycles. The molecule has 1 amide bonds. The fourth-order valence-electron chi connectivity index (χ4n) is 1.75. The Morgan fingerprint density at radius 1 is 0.727 bits per heavy atom. The maximum atomic E-state index is 9.58. The summed E-state index contributed by atoms with van der Waals surface area (Å²) in [6.07, 6.45) is 10.5. The van der Waals surface area contributed by atoms with Crippen molar-refractivity contribution in [2.45, 2.75) is 49.5 Å². The maximum absolute atomic E-state index is 9.58. The number of aromatic nitrogens is 8. The molecule has 44 heavy (non-hydrogen) atoms. The van der Waals surface area contributed by atoms with Gasteiger partial charge in [0.1, 0.15) is 18.5 Å². The SMILES string of the molecule is C.C.C=C(n1ccnc1)n1ccnc1.CC(=O)NN.CI.CI.CI.CN.CN.Cc1nnc(C)o1.Cc1nnc(C)o1.N. The van der Waals surface area contributed by atoms with Gasteiger partial charge in [0.25, 0.3) is 0 Å². The highest BCUT2D eigenvalue weighted by Gasteiger charge is 1.96. The Kier molecular flexibility index (Phi) is 66.4. The van der Waals surface area contributed by atoms with Crippen molar-refractivity contribution in [3.8, 4) is 0 Å². The molecule has 0 atom stereocenters. The average Bonchev–Trinajstić information content (AvgIpc) is 3.85. The number of carbonyl (C=O) groups excluding carboxylic acids is 1. The molecule has 0 fully saturated rings. The third-order valence-corrected chi connectivity index (χ3v) is 3.06. The number of nitrogens with zero attached hydrogens (tertiary/aromatic N) is 8. The highest BCUT2D eigenvalue weighted by atomic mass is 127. The maximum Gasteiger partial charge on any atom is 0.230 e. The second-order valence-electron chi connectivity index (χ2n) is 5.74. The van der Waals surface area contributed by atoms with Gasteiger partial charge in [-0.05, 0) is 28.9 Å². The van der Waals surface area contributed by atoms with E-state index in [4.69, 9.17) is 8.83 Å². The van der Waals surface area contributed by atoms with E-state index >= 15 is 0 Å². The first-order chi connectivity index (χ1) is 19.7. The van der Waals surface area contributed by atoms with Crippen molar-refractivity contribution in [1.29, 1.82) is 0 Å². The molecule has 16 nitrogen and oxygen atoms in total. The number of nitrogens with two attached hydrogens (primary N) is 3. The van der Waals surface area contributed by atoms with E-state index in [0.29, 0.717) is 23.6 Å². The van der Waals surface area contributed by atoms with Crippen molar-refractivity contribution in [3.05, 3.63) is 73.4 Å². The molecule has 0 aliphatic rings. The lowest BCUT2D eigenvalue weighted by Gasteiger charge is -2.05. The van der Waals surface area contributed by atoms with Crippen molar-refractivity contribution in [2.24, 2.45) is 17.3 Å². The molecule has 0 radical (unpaired) electrons. The Morgan fingerprint density at radius 2 is 0.955 bits per heavy atom. The Labute approximate surface area is 305 Å². The predicted molar refractivity (Wildman–Crippen MR) is 208 cm³/mol. The van der Waals surface area contributed by atoms with Gasteiger partial charge in [-0.15, -0.1) is 20.4 Å². The summed E-state index contributed by atoms with van der Waals surface area (Å²) in [5.41, 5.74) is 10.9. The molecular weight excluding hydrogens is 911 g/mol. The lowest BCUT2D eigenvalue weighted by molar-refractivity contribution is -0.119. The predicted octanol–water partition coefficient (Wildman–Crippen LogP) is 4.98. The first-order valence-electron chi connectivity index (χ1n) is 11.2. The van der Waals surface area contributed by atoms with Crippen molar-refractivity contribution in [1.82, 2.24) is 51.1 Å². The largest absolute Gasteiger partial charge is 0.426 e. The minimum atomic E-state index is -0.218. The lowest BCUT2D eigenvalue weighted by atomic mass is 10.7. The second kappa shape index (κ2) is 47.9. The Balaban J connectivity index is -0.0000000604. The van der Waals surface area contributed by atoms with Gasteiger partial charge in [-0.2, -0.15) is 0 Å². The van der Waals surface area contributed by atoms with Gasteiger partial charge in [-0.1, -0.05) is 89.2 Å². The molecule has 0 aliphatic heterocycles. The lowest BCUT2D eigenvalue weighted by Crippen LogP contribution is -2.26. The van der Waals surface area contributed by atoms with Crippen molar-refractivity contribution >= 4 is 73.7 Å². The van der Waals surface area contributed by atoms with Gasteiger partial charge in [0.2, 0.25) is 29.5 Å². The van der Waals surface area contributed by atoms with Crippen LogP contribution in [0.5, 0.6) is 0 Å². The molecule has 0 aliphatic carbocycles. The van der Waals surface area contributed by atoms with E-state index in [9.17, 15) is 4.79 Å². The van der Waals surface area contributed by atoms with Crippen LogP contribution in [0.25, 0.3) is 0 Å². The van der Waals surface area contributed by atoms with E-state index < -0.39 is 0 Å². The molecule has 0 spiro atoms. The third-order valence-electron chi connectivity index (χ3n) is 3.06. The number of aryl methyl sites for hydroxylation is 4. The molecule has 260 valence electrons. The van der Waals surface area contributed by atoms with Gasteiger partial charge in [0.15, 0.2) is 0 Å². The highest BCUT2D eigenvalue weighted by molar-refractivity contribution is 14.1. The van der Waals surface area contributed by atoms with Crippen LogP contribution < -0.4 is 28.9 Å². The van der Waals surface area contributed by atoms with Crippen LogP contribution in [-0.4, -0.2) is 74.3 Å². The molecule has 0 bridgehead atoms. The summed E-state index contributed by atoms with van der Waals surface area (Å²) in [6, 6.07) is 0. The van der Waals surface area contributed by atoms with Gasteiger partial charge in [-0.3, -0.25) is 19.4 Å². The van der Waals surface area contributed by atoms with Crippen LogP contribution in [0.15, 0.2) is 52.9 Å². The zero-order chi connectivity index (χ0) is 33.2. The molecule has 19 heteroatoms. The topological polar surface area (TPSA) is 256 Å². The molecular formula is C25H56I3N13O3. The average molecular weight is 968 g/mol. The standard InChI is InChI=1S/C8H8N4.2C4H6N2O.C2H6N2O.3CH3I.2CH5N.2CH4.H3N/c1-8(11-4-2-9-6-11)12-5-3-10-7-12;2*1-3-5-6-4(2)7-3;1-2(5)4-3;5*1-2;;;/h2-7H,1H2;2*1-2H3;3H2,1H3,(H,4,5);3*1H3;2*2H2,1H3;2*1H4;1H3. The van der Waals surface area contributed by atoms with E-state index in [1.807, 2.05) is 41.7 Å². The molecule has 0 aromatic carbocycles. The van der Waals surface area contributed by atoms with Crippen molar-refractivity contribution in [2.75, 3.05) is 28.9 Å². The van der Waals surface area contributed by atoms with Crippen LogP contribution >= 0.6 is 67.8 Å². The molecule has 4 heterocycles. The summed E-state index contributed by atoms with van der Waals surface area (Å²) < 4.78 is 13.4. The highest BCUT2D eigenvalue weighted by Crippen LogP contribution is 1.98. The number of hydrogen-bond donors (Lipinski definition) is 5. The minimum Gasteiger partial charge on any atom is -0.426 e. The molecule has 0 unspecified atom stereocenters. The van der Waals surface area contributed by atoms with Gasteiger partial charge < -0.3 is 26.5 Å². The van der Waals surface area contributed by atoms with Gasteiger partial charge in [0, 0.05) is 59.4 Å². The van der Waals surface area contributed by atoms with Crippen LogP contribution in [0.2, 0.25) is 0 Å². The van der Waals surface area contributed by atoms with E-state index in [1.165, 1.54) is 21.0 Å². The van der Waals surface area contributed by atoms with E-state index in [1.54, 1.807) is 52.7 Å². The normalized spacial score (nSPS) is 7.18. The second-order valence-corrected chi connectivity index (χ2v) is 5.74. The Morgan fingerprint density at radius 3 is 1.07 bits per heavy atom. The zero-order valence-corrected chi connectivity index (χ0v) is 32.5. The number of hydrazine groups is 1. The fourth-order valence-corrected chi connectivity index (χ4v) is 1.75. The van der Waals surface area contributed by atoms with Crippen LogP contribution in [-0.2, 0) is 4.79 Å². The number of carbonyl (C=O) groups is 1. The number of nitrogens with one attached hydrogen (secondary N) is 1. The van der Waals surface area contributed by atoms with Gasteiger partial charge in [0.05, 0.1) is 0 Å². The summed E-state index contributed by atoms with van der Waals surface area (Å²) >= 11 is 6.45. The van der Waals surface area contributed by atoms with E-state index in [-0.39, 0.29) is 26.9 Å². The zero-order valence-electron chi connectivity index (χ0n) is 26.0. The number of hydrogen-bond acceptors (Lipinski definition) is 13. The Bertz CT molecular complexity index is 938. The Hall–Kier alpha value is -2.06. The van der Waals surface area contributed by atoms with Crippen molar-refractivity contribution < 1.29 is 13.6 Å². The van der Waals surface area contributed by atoms with Crippen LogP contribution in [0.1, 0.15) is 45.3 Å². The number of halogens is 3. The van der Waals surface area contributed by atoms with Crippen LogP contribution in [0.4, 0.5) is 0 Å². The van der Waals surface area contributed by atoms with Crippen molar-refractivity contribution in [3.63, 3.8) is 0 Å². The molecule has 4 aromatic heterocycles. The third kappa shape index (κ3) is 38.0. The van der Waals surface area contributed by atoms with E-state index in [2.05, 4.69) is 122 Å². The smallest absolute Gasteiger partial charge is 0.230 e. The molecule has 4 aromatic rings. The number of imidazole rings is 2. The van der Waals surface area contributed by atoms with Gasteiger partial charge in [-0.25, -0.2) is 15.8 Å². The summed E-state index contributed by atoms with van der Waals surface area (Å²) in [4.78, 5) is 23.3. The fraction of sp³-hybridized carbons (Fsp3) is 0.480. The summed E-state index contributed by atoms with van der Waals surface area (Å²) in [6.45, 7) is 12.3. The first-order valence-corrected chi connectivity index (χ1v) is 17.6. The number of rotatable bonds is 2. The minimum absolute atomic E-state index is 0. The quantitative estimate of drug-likeness (QED) is 0.0585. The first kappa shape index (κ1) is 61.0. The summed E-state index contributed by atoms with van der Waals surface area (Å²) in [7, 11) is 3.00. The summed E-state index contributed by atoms with van der Waals surface area (Å²) in [5, 5.41) is 14.4. The summed E-state index contributed by atoms with van der Waals surface area (Å²) in [5.74, 6) is 7.66. The van der Waals surface area contributed by atoms with Crippen LogP contribution in [0, 0.1) is 33.5 Å². The number of alkyl halides is 3. The molecule has 10 N–H and O–H groups in total. The molecule has 4 rings (SSSR count). The monoisotopic (exact) mass is 967 g/mol. The molecule has 0 saturated carbocycles. The van der Waals surface area contributed by atoms with Gasteiger partial charge >= 0.3 is 0 Å². The van der Waals surface area contributed by atoms with Crippen LogP contribution in [0.3, 0.4) is 0 Å².